The predicted octanol–water partition coefficient (Wildman–Crippen LogP) is 0.734. The fourth-order valence-corrected chi connectivity index (χ4v) is 1.13. The molecule has 66 valence electrons. The highest BCUT2D eigenvalue weighted by Gasteiger charge is 2.30. The van der Waals surface area contributed by atoms with E-state index >= 15 is 0 Å². The maximum atomic E-state index is 5.52. The van der Waals surface area contributed by atoms with E-state index in [4.69, 9.17) is 15.2 Å². The molecule has 3 heteroatoms. The molecule has 0 radical (unpaired) electrons. The molecule has 1 fully saturated rings. The second-order valence-corrected chi connectivity index (χ2v) is 3.40. The Morgan fingerprint density at radius 1 is 1.45 bits per heavy atom. The van der Waals surface area contributed by atoms with E-state index in [1.165, 1.54) is 0 Å². The molecule has 1 heterocycles. The van der Waals surface area contributed by atoms with Gasteiger partial charge in [-0.05, 0) is 13.5 Å². The Bertz CT molecular complexity index is 119. The minimum absolute atomic E-state index is 0.415. The minimum Gasteiger partial charge on any atom is -0.350 e. The Labute approximate surface area is 67.9 Å². The third-order valence-corrected chi connectivity index (χ3v) is 1.94. The van der Waals surface area contributed by atoms with Gasteiger partial charge in [0.15, 0.2) is 5.79 Å². The second kappa shape index (κ2) is 3.52. The summed E-state index contributed by atoms with van der Waals surface area (Å²) in [6.07, 6.45) is 0.778. The monoisotopic (exact) mass is 159 g/mol. The highest BCUT2D eigenvalue weighted by Crippen LogP contribution is 2.23. The smallest absolute Gasteiger partial charge is 0.166 e. The maximum Gasteiger partial charge on any atom is 0.166 e. The molecule has 2 N–H and O–H groups in total. The van der Waals surface area contributed by atoms with Crippen molar-refractivity contribution in [2.45, 2.75) is 26.1 Å². The Balaban J connectivity index is 2.35. The summed E-state index contributed by atoms with van der Waals surface area (Å²) in [5.41, 5.74) is 5.42. The number of hydrogen-bond acceptors (Lipinski definition) is 3. The van der Waals surface area contributed by atoms with Gasteiger partial charge in [-0.15, -0.1) is 0 Å². The van der Waals surface area contributed by atoms with Gasteiger partial charge in [0.2, 0.25) is 0 Å². The van der Waals surface area contributed by atoms with Gasteiger partial charge >= 0.3 is 0 Å². The summed E-state index contributed by atoms with van der Waals surface area (Å²) in [7, 11) is 0. The first-order valence-corrected chi connectivity index (χ1v) is 4.14. The van der Waals surface area contributed by atoms with Crippen molar-refractivity contribution in [2.75, 3.05) is 19.8 Å². The Kier molecular flexibility index (Phi) is 2.87. The van der Waals surface area contributed by atoms with Crippen LogP contribution in [0, 0.1) is 5.92 Å². The van der Waals surface area contributed by atoms with E-state index in [0.717, 1.165) is 19.6 Å². The van der Waals surface area contributed by atoms with Crippen molar-refractivity contribution in [3.63, 3.8) is 0 Å². The zero-order valence-corrected chi connectivity index (χ0v) is 7.30. The van der Waals surface area contributed by atoms with E-state index in [0.29, 0.717) is 12.5 Å². The number of ether oxygens (including phenoxy) is 2. The highest BCUT2D eigenvalue weighted by atomic mass is 16.7. The molecule has 1 aliphatic rings. The minimum atomic E-state index is -0.415. The third kappa shape index (κ3) is 2.43. The SMILES string of the molecule is CC1COC(C)(CCN)OC1. The second-order valence-electron chi connectivity index (χ2n) is 3.40. The van der Waals surface area contributed by atoms with Crippen molar-refractivity contribution in [1.82, 2.24) is 0 Å². The van der Waals surface area contributed by atoms with Gasteiger partial charge in [0.05, 0.1) is 13.2 Å². The summed E-state index contributed by atoms with van der Waals surface area (Å²) in [4.78, 5) is 0. The fourth-order valence-electron chi connectivity index (χ4n) is 1.13. The van der Waals surface area contributed by atoms with Crippen molar-refractivity contribution in [2.24, 2.45) is 11.7 Å². The van der Waals surface area contributed by atoms with Gasteiger partial charge in [-0.25, -0.2) is 0 Å². The van der Waals surface area contributed by atoms with Gasteiger partial charge in [0.1, 0.15) is 0 Å². The largest absolute Gasteiger partial charge is 0.350 e. The van der Waals surface area contributed by atoms with Crippen LogP contribution in [0.3, 0.4) is 0 Å². The lowest BCUT2D eigenvalue weighted by Crippen LogP contribution is -2.42. The summed E-state index contributed by atoms with van der Waals surface area (Å²) < 4.78 is 11.0. The fraction of sp³-hybridized carbons (Fsp3) is 1.00. The Hall–Kier alpha value is -0.120. The Morgan fingerprint density at radius 2 is 2.00 bits per heavy atom. The van der Waals surface area contributed by atoms with Gasteiger partial charge in [-0.2, -0.15) is 0 Å². The molecule has 3 nitrogen and oxygen atoms in total. The lowest BCUT2D eigenvalue weighted by atomic mass is 10.1. The van der Waals surface area contributed by atoms with Gasteiger partial charge in [0.25, 0.3) is 0 Å². The van der Waals surface area contributed by atoms with Crippen LogP contribution in [0.1, 0.15) is 20.3 Å². The van der Waals surface area contributed by atoms with Crippen LogP contribution in [0.5, 0.6) is 0 Å². The average molecular weight is 159 g/mol. The van der Waals surface area contributed by atoms with Crippen molar-refractivity contribution in [3.8, 4) is 0 Å². The standard InChI is InChI=1S/C8H17NO2/c1-7-5-10-8(2,3-4-9)11-6-7/h7H,3-6,9H2,1-2H3. The van der Waals surface area contributed by atoms with Crippen molar-refractivity contribution in [1.29, 1.82) is 0 Å². The van der Waals surface area contributed by atoms with Crippen LogP contribution in [0.2, 0.25) is 0 Å². The van der Waals surface area contributed by atoms with E-state index in [1.807, 2.05) is 6.92 Å². The first kappa shape index (κ1) is 8.97. The molecule has 11 heavy (non-hydrogen) atoms. The first-order chi connectivity index (χ1) is 5.16. The summed E-state index contributed by atoms with van der Waals surface area (Å²) >= 11 is 0. The number of nitrogens with two attached hydrogens (primary N) is 1. The van der Waals surface area contributed by atoms with Gasteiger partial charge in [-0.1, -0.05) is 6.92 Å². The molecule has 0 spiro atoms. The van der Waals surface area contributed by atoms with Crippen LogP contribution in [0.15, 0.2) is 0 Å². The summed E-state index contributed by atoms with van der Waals surface area (Å²) in [5, 5.41) is 0. The lowest BCUT2D eigenvalue weighted by Gasteiger charge is -2.36. The van der Waals surface area contributed by atoms with Crippen LogP contribution >= 0.6 is 0 Å². The topological polar surface area (TPSA) is 44.5 Å². The molecule has 0 bridgehead atoms. The molecule has 0 aromatic carbocycles. The number of rotatable bonds is 2. The molecule has 0 aromatic rings. The highest BCUT2D eigenvalue weighted by molar-refractivity contribution is 4.69. The van der Waals surface area contributed by atoms with Crippen molar-refractivity contribution < 1.29 is 9.47 Å². The molecule has 0 atom stereocenters. The van der Waals surface area contributed by atoms with Crippen LogP contribution < -0.4 is 5.73 Å². The van der Waals surface area contributed by atoms with Gasteiger partial charge < -0.3 is 15.2 Å². The molecule has 1 rings (SSSR count). The molecule has 0 unspecified atom stereocenters. The summed E-state index contributed by atoms with van der Waals surface area (Å²) in [6.45, 7) is 6.26. The van der Waals surface area contributed by atoms with E-state index in [-0.39, 0.29) is 0 Å². The molecule has 1 saturated heterocycles. The predicted molar refractivity (Wildman–Crippen MR) is 43.1 cm³/mol. The average Bonchev–Trinajstić information content (AvgIpc) is 1.97. The van der Waals surface area contributed by atoms with Crippen LogP contribution in [0.4, 0.5) is 0 Å². The molecule has 0 saturated carbocycles. The quantitative estimate of drug-likeness (QED) is 0.646. The van der Waals surface area contributed by atoms with E-state index in [1.54, 1.807) is 0 Å². The maximum absolute atomic E-state index is 5.52. The van der Waals surface area contributed by atoms with Crippen molar-refractivity contribution >= 4 is 0 Å². The molecular weight excluding hydrogens is 142 g/mol. The van der Waals surface area contributed by atoms with Crippen LogP contribution in [-0.4, -0.2) is 25.5 Å². The number of hydrogen-bond donors (Lipinski definition) is 1. The van der Waals surface area contributed by atoms with Gasteiger partial charge in [0, 0.05) is 12.3 Å². The van der Waals surface area contributed by atoms with Crippen molar-refractivity contribution in [3.05, 3.63) is 0 Å². The third-order valence-electron chi connectivity index (χ3n) is 1.94. The van der Waals surface area contributed by atoms with Gasteiger partial charge in [-0.3, -0.25) is 0 Å². The molecule has 1 aliphatic heterocycles. The van der Waals surface area contributed by atoms with Crippen LogP contribution in [-0.2, 0) is 9.47 Å². The summed E-state index contributed by atoms with van der Waals surface area (Å²) in [5.74, 6) is 0.0993. The van der Waals surface area contributed by atoms with E-state index in [9.17, 15) is 0 Å². The zero-order valence-electron chi connectivity index (χ0n) is 7.30. The summed E-state index contributed by atoms with van der Waals surface area (Å²) in [6, 6.07) is 0. The molecule has 0 amide bonds. The molecule has 0 aromatic heterocycles. The lowest BCUT2D eigenvalue weighted by molar-refractivity contribution is -0.272. The molecular formula is C8H17NO2. The van der Waals surface area contributed by atoms with E-state index < -0.39 is 5.79 Å². The molecule has 0 aliphatic carbocycles. The van der Waals surface area contributed by atoms with Crippen LogP contribution in [0.25, 0.3) is 0 Å². The normalized spacial score (nSPS) is 39.0. The first-order valence-electron chi connectivity index (χ1n) is 4.14. The Morgan fingerprint density at radius 3 is 2.45 bits per heavy atom. The van der Waals surface area contributed by atoms with E-state index in [2.05, 4.69) is 6.92 Å². The zero-order chi connectivity index (χ0) is 8.32.